The van der Waals surface area contributed by atoms with E-state index in [9.17, 15) is 8.42 Å². The van der Waals surface area contributed by atoms with Gasteiger partial charge in [-0.15, -0.1) is 11.3 Å². The molecule has 19 heavy (non-hydrogen) atoms. The van der Waals surface area contributed by atoms with Crippen molar-refractivity contribution < 1.29 is 8.42 Å². The highest BCUT2D eigenvalue weighted by Crippen LogP contribution is 2.18. The van der Waals surface area contributed by atoms with E-state index in [1.807, 2.05) is 13.1 Å². The summed E-state index contributed by atoms with van der Waals surface area (Å²) in [5.74, 6) is 0.414. The van der Waals surface area contributed by atoms with Gasteiger partial charge in [-0.1, -0.05) is 0 Å². The number of thiazole rings is 1. The molecule has 1 fully saturated rings. The minimum atomic E-state index is -3.04. The molecule has 108 valence electrons. The van der Waals surface area contributed by atoms with E-state index < -0.39 is 10.0 Å². The molecule has 2 heterocycles. The highest BCUT2D eigenvalue weighted by atomic mass is 32.2. The molecule has 1 unspecified atom stereocenters. The van der Waals surface area contributed by atoms with Crippen molar-refractivity contribution in [2.45, 2.75) is 26.3 Å². The van der Waals surface area contributed by atoms with Crippen molar-refractivity contribution in [1.82, 2.24) is 14.6 Å². The quantitative estimate of drug-likeness (QED) is 0.888. The van der Waals surface area contributed by atoms with E-state index in [4.69, 9.17) is 0 Å². The molecule has 1 saturated heterocycles. The summed E-state index contributed by atoms with van der Waals surface area (Å²) in [6, 6.07) is 0. The molecule has 0 aliphatic carbocycles. The molecule has 1 N–H and O–H groups in total. The summed E-state index contributed by atoms with van der Waals surface area (Å²) in [5, 5.41) is 4.49. The lowest BCUT2D eigenvalue weighted by Crippen LogP contribution is -2.42. The van der Waals surface area contributed by atoms with Crippen LogP contribution in [0.15, 0.2) is 6.20 Å². The third-order valence-corrected chi connectivity index (χ3v) is 5.53. The standard InChI is InChI=1S/C12H21N3O2S2/c1-10-14-8-12(18-10)7-13-6-11-4-3-5-15(9-11)19(2,16)17/h8,11,13H,3-7,9H2,1-2H3. The van der Waals surface area contributed by atoms with Gasteiger partial charge in [-0.25, -0.2) is 17.7 Å². The average molecular weight is 303 g/mol. The Balaban J connectivity index is 1.77. The van der Waals surface area contributed by atoms with Gasteiger partial charge in [-0.05, 0) is 32.2 Å². The van der Waals surface area contributed by atoms with E-state index in [1.165, 1.54) is 11.1 Å². The molecule has 1 atom stereocenters. The van der Waals surface area contributed by atoms with Crippen LogP contribution >= 0.6 is 11.3 Å². The number of sulfonamides is 1. The Bertz CT molecular complexity index is 513. The second kappa shape index (κ2) is 6.30. The van der Waals surface area contributed by atoms with E-state index in [-0.39, 0.29) is 0 Å². The van der Waals surface area contributed by atoms with Crippen LogP contribution in [-0.2, 0) is 16.6 Å². The van der Waals surface area contributed by atoms with Crippen molar-refractivity contribution in [1.29, 1.82) is 0 Å². The Morgan fingerprint density at radius 1 is 1.58 bits per heavy atom. The number of hydrogen-bond acceptors (Lipinski definition) is 5. The lowest BCUT2D eigenvalue weighted by Gasteiger charge is -2.31. The zero-order valence-corrected chi connectivity index (χ0v) is 13.1. The van der Waals surface area contributed by atoms with E-state index in [2.05, 4.69) is 10.3 Å². The lowest BCUT2D eigenvalue weighted by molar-refractivity contribution is 0.261. The Hall–Kier alpha value is -0.500. The van der Waals surface area contributed by atoms with Gasteiger partial charge < -0.3 is 5.32 Å². The van der Waals surface area contributed by atoms with Crippen molar-refractivity contribution in [3.05, 3.63) is 16.1 Å². The molecule has 2 rings (SSSR count). The molecule has 0 bridgehead atoms. The SMILES string of the molecule is Cc1ncc(CNCC2CCCN(S(C)(=O)=O)C2)s1. The number of aromatic nitrogens is 1. The van der Waals surface area contributed by atoms with Crippen molar-refractivity contribution in [2.24, 2.45) is 5.92 Å². The maximum absolute atomic E-state index is 11.5. The molecule has 0 spiro atoms. The molecular formula is C12H21N3O2S2. The van der Waals surface area contributed by atoms with Crippen LogP contribution < -0.4 is 5.32 Å². The molecule has 7 heteroatoms. The Morgan fingerprint density at radius 2 is 2.37 bits per heavy atom. The van der Waals surface area contributed by atoms with Gasteiger partial charge in [-0.2, -0.15) is 0 Å². The minimum Gasteiger partial charge on any atom is -0.311 e. The molecule has 1 aliphatic heterocycles. The van der Waals surface area contributed by atoms with Crippen molar-refractivity contribution in [3.63, 3.8) is 0 Å². The topological polar surface area (TPSA) is 62.3 Å². The summed E-state index contributed by atoms with van der Waals surface area (Å²) >= 11 is 1.70. The van der Waals surface area contributed by atoms with Crippen molar-refractivity contribution in [2.75, 3.05) is 25.9 Å². The summed E-state index contributed by atoms with van der Waals surface area (Å²) < 4.78 is 24.7. The van der Waals surface area contributed by atoms with E-state index in [0.29, 0.717) is 19.0 Å². The highest BCUT2D eigenvalue weighted by Gasteiger charge is 2.25. The van der Waals surface area contributed by atoms with Crippen LogP contribution in [0.5, 0.6) is 0 Å². The second-order valence-electron chi connectivity index (χ2n) is 5.11. The van der Waals surface area contributed by atoms with Gasteiger partial charge in [0.15, 0.2) is 0 Å². The van der Waals surface area contributed by atoms with Gasteiger partial charge in [-0.3, -0.25) is 0 Å². The number of nitrogens with one attached hydrogen (secondary N) is 1. The smallest absolute Gasteiger partial charge is 0.211 e. The molecule has 1 aromatic heterocycles. The molecule has 5 nitrogen and oxygen atoms in total. The van der Waals surface area contributed by atoms with Gasteiger partial charge >= 0.3 is 0 Å². The van der Waals surface area contributed by atoms with E-state index in [1.54, 1.807) is 15.6 Å². The van der Waals surface area contributed by atoms with Crippen LogP contribution in [0.25, 0.3) is 0 Å². The fourth-order valence-corrected chi connectivity index (χ4v) is 4.09. The zero-order valence-electron chi connectivity index (χ0n) is 11.4. The van der Waals surface area contributed by atoms with Gasteiger partial charge in [0.1, 0.15) is 0 Å². The highest BCUT2D eigenvalue weighted by molar-refractivity contribution is 7.88. The molecule has 0 radical (unpaired) electrons. The first kappa shape index (κ1) is 14.9. The van der Waals surface area contributed by atoms with Crippen LogP contribution in [-0.4, -0.2) is 43.6 Å². The van der Waals surface area contributed by atoms with Gasteiger partial charge in [0.2, 0.25) is 10.0 Å². The van der Waals surface area contributed by atoms with E-state index >= 15 is 0 Å². The zero-order chi connectivity index (χ0) is 13.9. The lowest BCUT2D eigenvalue weighted by atomic mass is 10.00. The number of piperidine rings is 1. The first-order chi connectivity index (χ1) is 8.95. The number of aryl methyl sites for hydroxylation is 1. The first-order valence-electron chi connectivity index (χ1n) is 6.52. The number of hydrogen-bond donors (Lipinski definition) is 1. The third-order valence-electron chi connectivity index (χ3n) is 3.35. The summed E-state index contributed by atoms with van der Waals surface area (Å²) in [4.78, 5) is 5.45. The monoisotopic (exact) mass is 303 g/mol. The number of rotatable bonds is 5. The average Bonchev–Trinajstić information content (AvgIpc) is 2.74. The summed E-state index contributed by atoms with van der Waals surface area (Å²) in [6.07, 6.45) is 5.25. The predicted molar refractivity (Wildman–Crippen MR) is 77.7 cm³/mol. The maximum Gasteiger partial charge on any atom is 0.211 e. The molecule has 1 aromatic rings. The van der Waals surface area contributed by atoms with Crippen molar-refractivity contribution >= 4 is 21.4 Å². The van der Waals surface area contributed by atoms with Crippen LogP contribution in [0.2, 0.25) is 0 Å². The summed E-state index contributed by atoms with van der Waals surface area (Å²) in [6.45, 7) is 5.00. The minimum absolute atomic E-state index is 0.414. The normalized spacial score (nSPS) is 21.7. The predicted octanol–water partition coefficient (Wildman–Crippen LogP) is 1.21. The van der Waals surface area contributed by atoms with Crippen LogP contribution in [0, 0.1) is 12.8 Å². The number of nitrogens with zero attached hydrogens (tertiary/aromatic N) is 2. The fraction of sp³-hybridized carbons (Fsp3) is 0.750. The molecular weight excluding hydrogens is 282 g/mol. The molecule has 0 saturated carbocycles. The van der Waals surface area contributed by atoms with Gasteiger partial charge in [0.05, 0.1) is 11.3 Å². The first-order valence-corrected chi connectivity index (χ1v) is 9.19. The van der Waals surface area contributed by atoms with Crippen LogP contribution in [0.3, 0.4) is 0 Å². The van der Waals surface area contributed by atoms with Crippen LogP contribution in [0.4, 0.5) is 0 Å². The third kappa shape index (κ3) is 4.52. The Labute approximate surface area is 119 Å². The molecule has 0 aromatic carbocycles. The summed E-state index contributed by atoms with van der Waals surface area (Å²) in [5.41, 5.74) is 0. The second-order valence-corrected chi connectivity index (χ2v) is 8.41. The van der Waals surface area contributed by atoms with Gasteiger partial charge in [0.25, 0.3) is 0 Å². The van der Waals surface area contributed by atoms with Crippen LogP contribution in [0.1, 0.15) is 22.7 Å². The Kier molecular flexibility index (Phi) is 4.94. The van der Waals surface area contributed by atoms with E-state index in [0.717, 1.165) is 30.9 Å². The molecule has 0 amide bonds. The Morgan fingerprint density at radius 3 is 3.00 bits per heavy atom. The van der Waals surface area contributed by atoms with Gasteiger partial charge in [0, 0.05) is 30.7 Å². The maximum atomic E-state index is 11.5. The fourth-order valence-electron chi connectivity index (χ4n) is 2.38. The summed E-state index contributed by atoms with van der Waals surface area (Å²) in [7, 11) is -3.04. The largest absolute Gasteiger partial charge is 0.311 e. The molecule has 1 aliphatic rings. The van der Waals surface area contributed by atoms with Crippen molar-refractivity contribution in [3.8, 4) is 0 Å².